The van der Waals surface area contributed by atoms with Crippen molar-refractivity contribution in [2.75, 3.05) is 7.05 Å². The molecule has 1 N–H and O–H groups in total. The number of hydrogen-bond acceptors (Lipinski definition) is 4. The summed E-state index contributed by atoms with van der Waals surface area (Å²) >= 11 is 5.10. The van der Waals surface area contributed by atoms with Crippen LogP contribution < -0.4 is 0 Å². The zero-order chi connectivity index (χ0) is 13.8. The number of nitrogens with zero attached hydrogens (tertiary/aromatic N) is 2. The topological polar surface area (TPSA) is 53.4 Å². The van der Waals surface area contributed by atoms with Crippen LogP contribution in [0.5, 0.6) is 0 Å². The van der Waals surface area contributed by atoms with E-state index in [9.17, 15) is 4.79 Å². The van der Waals surface area contributed by atoms with Crippen LogP contribution in [0.3, 0.4) is 0 Å². The first-order valence-corrected chi connectivity index (χ1v) is 7.31. The fourth-order valence-corrected chi connectivity index (χ4v) is 3.00. The summed E-state index contributed by atoms with van der Waals surface area (Å²) in [5.41, 5.74) is 2.28. The maximum absolute atomic E-state index is 10.9. The van der Waals surface area contributed by atoms with Crippen LogP contribution in [0.15, 0.2) is 33.6 Å². The molecule has 0 saturated heterocycles. The minimum Gasteiger partial charge on any atom is -0.477 e. The van der Waals surface area contributed by atoms with Gasteiger partial charge in [-0.15, -0.1) is 11.3 Å². The highest BCUT2D eigenvalue weighted by Crippen LogP contribution is 2.21. The number of thiophene rings is 1. The highest BCUT2D eigenvalue weighted by molar-refractivity contribution is 9.11. The predicted molar refractivity (Wildman–Crippen MR) is 78.4 cm³/mol. The number of halogens is 1. The van der Waals surface area contributed by atoms with E-state index >= 15 is 0 Å². The smallest absolute Gasteiger partial charge is 0.354 e. The van der Waals surface area contributed by atoms with Gasteiger partial charge in [0.25, 0.3) is 0 Å². The van der Waals surface area contributed by atoms with Crippen LogP contribution in [0, 0.1) is 0 Å². The molecule has 2 aromatic heterocycles. The fourth-order valence-electron chi connectivity index (χ4n) is 1.80. The van der Waals surface area contributed by atoms with Crippen molar-refractivity contribution in [3.8, 4) is 0 Å². The Hall–Kier alpha value is -1.24. The summed E-state index contributed by atoms with van der Waals surface area (Å²) in [6.45, 7) is 1.52. The van der Waals surface area contributed by atoms with Gasteiger partial charge in [-0.25, -0.2) is 9.78 Å². The second-order valence-electron chi connectivity index (χ2n) is 4.29. The molecule has 19 heavy (non-hydrogen) atoms. The molecule has 0 amide bonds. The molecular formula is C13H13BrN2O2S. The number of hydrogen-bond donors (Lipinski definition) is 1. The number of carboxylic acid groups (broad SMARTS) is 1. The van der Waals surface area contributed by atoms with Gasteiger partial charge in [0.1, 0.15) is 5.69 Å². The van der Waals surface area contributed by atoms with E-state index in [0.29, 0.717) is 6.54 Å². The lowest BCUT2D eigenvalue weighted by Gasteiger charge is -2.15. The molecule has 0 saturated carbocycles. The summed E-state index contributed by atoms with van der Waals surface area (Å²) in [6.07, 6.45) is 1.54. The molecule has 0 aliphatic carbocycles. The van der Waals surface area contributed by atoms with Crippen molar-refractivity contribution in [1.29, 1.82) is 0 Å². The second kappa shape index (κ2) is 6.27. The normalized spacial score (nSPS) is 10.9. The van der Waals surface area contributed by atoms with Gasteiger partial charge < -0.3 is 5.11 Å². The minimum absolute atomic E-state index is 0.0872. The molecule has 2 heterocycles. The monoisotopic (exact) mass is 340 g/mol. The van der Waals surface area contributed by atoms with Crippen LogP contribution in [0.25, 0.3) is 0 Å². The molecule has 4 nitrogen and oxygen atoms in total. The first-order chi connectivity index (χ1) is 9.04. The number of pyridine rings is 1. The number of carbonyl (C=O) groups is 1. The largest absolute Gasteiger partial charge is 0.477 e. The van der Waals surface area contributed by atoms with Crippen molar-refractivity contribution in [2.45, 2.75) is 13.1 Å². The average molecular weight is 341 g/mol. The van der Waals surface area contributed by atoms with Crippen molar-refractivity contribution in [1.82, 2.24) is 9.88 Å². The molecule has 0 atom stereocenters. The van der Waals surface area contributed by atoms with Crippen molar-refractivity contribution in [3.63, 3.8) is 0 Å². The summed E-state index contributed by atoms with van der Waals surface area (Å²) in [7, 11) is 2.01. The van der Waals surface area contributed by atoms with Crippen LogP contribution in [0.4, 0.5) is 0 Å². The van der Waals surface area contributed by atoms with Crippen molar-refractivity contribution < 1.29 is 9.90 Å². The van der Waals surface area contributed by atoms with Crippen molar-refractivity contribution in [2.24, 2.45) is 0 Å². The van der Waals surface area contributed by atoms with Gasteiger partial charge in [-0.3, -0.25) is 4.90 Å². The third-order valence-corrected chi connectivity index (χ3v) is 4.12. The van der Waals surface area contributed by atoms with Crippen molar-refractivity contribution >= 4 is 33.2 Å². The Labute approximate surface area is 123 Å². The highest BCUT2D eigenvalue weighted by atomic mass is 79.9. The Bertz CT molecular complexity index is 586. The number of aromatic carboxylic acids is 1. The molecule has 0 aromatic carbocycles. The predicted octanol–water partition coefficient (Wildman–Crippen LogP) is 3.24. The molecule has 100 valence electrons. The third kappa shape index (κ3) is 4.12. The molecule has 0 aliphatic heterocycles. The van der Waals surface area contributed by atoms with Crippen LogP contribution in [-0.4, -0.2) is 28.0 Å². The van der Waals surface area contributed by atoms with Crippen molar-refractivity contribution in [3.05, 3.63) is 50.4 Å². The lowest BCUT2D eigenvalue weighted by molar-refractivity contribution is 0.0690. The van der Waals surface area contributed by atoms with Crippen LogP contribution in [0.1, 0.15) is 21.6 Å². The van der Waals surface area contributed by atoms with E-state index in [1.54, 1.807) is 17.4 Å². The maximum Gasteiger partial charge on any atom is 0.354 e. The number of rotatable bonds is 5. The highest BCUT2D eigenvalue weighted by Gasteiger charge is 2.07. The minimum atomic E-state index is -0.994. The Morgan fingerprint density at radius 3 is 2.79 bits per heavy atom. The number of aromatic nitrogens is 1. The molecule has 0 bridgehead atoms. The molecule has 0 spiro atoms. The molecule has 0 fully saturated rings. The first kappa shape index (κ1) is 14.2. The van der Waals surface area contributed by atoms with Gasteiger partial charge in [-0.2, -0.15) is 0 Å². The van der Waals surface area contributed by atoms with Gasteiger partial charge >= 0.3 is 5.97 Å². The Morgan fingerprint density at radius 1 is 1.42 bits per heavy atom. The molecule has 2 rings (SSSR count). The van der Waals surface area contributed by atoms with Gasteiger partial charge in [0.2, 0.25) is 0 Å². The van der Waals surface area contributed by atoms with E-state index in [0.717, 1.165) is 15.9 Å². The van der Waals surface area contributed by atoms with Gasteiger partial charge in [-0.1, -0.05) is 0 Å². The molecule has 0 radical (unpaired) electrons. The molecular weight excluding hydrogens is 328 g/mol. The quantitative estimate of drug-likeness (QED) is 0.907. The number of carboxylic acids is 1. The summed E-state index contributed by atoms with van der Waals surface area (Å²) < 4.78 is 1.12. The molecule has 6 heteroatoms. The van der Waals surface area contributed by atoms with Crippen LogP contribution in [0.2, 0.25) is 0 Å². The van der Waals surface area contributed by atoms with Gasteiger partial charge in [-0.05, 0) is 57.7 Å². The second-order valence-corrected chi connectivity index (χ2v) is 6.58. The SMILES string of the molecule is CN(Cc1ccnc(C(=O)O)c1)Cc1csc(Br)c1. The molecule has 2 aromatic rings. The summed E-state index contributed by atoms with van der Waals surface area (Å²) in [6, 6.07) is 5.55. The van der Waals surface area contributed by atoms with E-state index < -0.39 is 5.97 Å². The first-order valence-electron chi connectivity index (χ1n) is 5.64. The zero-order valence-electron chi connectivity index (χ0n) is 10.3. The average Bonchev–Trinajstić information content (AvgIpc) is 2.74. The third-order valence-electron chi connectivity index (χ3n) is 2.57. The Kier molecular flexibility index (Phi) is 4.68. The zero-order valence-corrected chi connectivity index (χ0v) is 12.7. The van der Waals surface area contributed by atoms with E-state index in [4.69, 9.17) is 5.11 Å². The van der Waals surface area contributed by atoms with Crippen LogP contribution >= 0.6 is 27.3 Å². The lowest BCUT2D eigenvalue weighted by atomic mass is 10.2. The van der Waals surface area contributed by atoms with E-state index in [1.807, 2.05) is 13.1 Å². The van der Waals surface area contributed by atoms with Crippen LogP contribution in [-0.2, 0) is 13.1 Å². The van der Waals surface area contributed by atoms with Gasteiger partial charge in [0, 0.05) is 19.3 Å². The Morgan fingerprint density at radius 2 is 2.16 bits per heavy atom. The maximum atomic E-state index is 10.9. The summed E-state index contributed by atoms with van der Waals surface area (Å²) in [5, 5.41) is 11.0. The summed E-state index contributed by atoms with van der Waals surface area (Å²) in [5.74, 6) is -0.994. The Balaban J connectivity index is 2.00. The van der Waals surface area contributed by atoms with E-state index in [2.05, 4.69) is 37.3 Å². The van der Waals surface area contributed by atoms with Gasteiger partial charge in [0.05, 0.1) is 3.79 Å². The van der Waals surface area contributed by atoms with E-state index in [-0.39, 0.29) is 5.69 Å². The lowest BCUT2D eigenvalue weighted by Crippen LogP contribution is -2.17. The van der Waals surface area contributed by atoms with Gasteiger partial charge in [0.15, 0.2) is 0 Å². The fraction of sp³-hybridized carbons (Fsp3) is 0.231. The molecule has 0 unspecified atom stereocenters. The standard InChI is InChI=1S/C13H13BrN2O2S/c1-16(7-10-5-12(14)19-8-10)6-9-2-3-15-11(4-9)13(17)18/h2-5,8H,6-7H2,1H3,(H,17,18). The van der Waals surface area contributed by atoms with E-state index in [1.165, 1.54) is 11.8 Å². The summed E-state index contributed by atoms with van der Waals surface area (Å²) in [4.78, 5) is 16.8. The molecule has 0 aliphatic rings.